The van der Waals surface area contributed by atoms with E-state index in [1.54, 1.807) is 11.9 Å². The number of carbonyl (C=O) groups excluding carboxylic acids is 1. The molecule has 1 saturated heterocycles. The minimum absolute atomic E-state index is 0.0334. The number of hydrogen-bond donors (Lipinski definition) is 1. The Labute approximate surface area is 128 Å². The molecule has 8 heteroatoms. The monoisotopic (exact) mass is 366 g/mol. The lowest BCUT2D eigenvalue weighted by Crippen LogP contribution is -2.36. The highest BCUT2D eigenvalue weighted by atomic mass is 79.9. The number of benzene rings is 1. The molecule has 1 heterocycles. The van der Waals surface area contributed by atoms with Crippen LogP contribution in [0.3, 0.4) is 0 Å². The van der Waals surface area contributed by atoms with Gasteiger partial charge in [0.1, 0.15) is 5.75 Å². The molecule has 1 aromatic rings. The van der Waals surface area contributed by atoms with Crippen molar-refractivity contribution in [2.45, 2.75) is 25.4 Å². The van der Waals surface area contributed by atoms with Crippen LogP contribution in [0.2, 0.25) is 0 Å². The maximum atomic E-state index is 12.2. The molecule has 1 aliphatic rings. The van der Waals surface area contributed by atoms with Crippen LogP contribution in [0, 0.1) is 0 Å². The van der Waals surface area contributed by atoms with Crippen molar-refractivity contribution in [3.63, 3.8) is 0 Å². The van der Waals surface area contributed by atoms with E-state index in [1.807, 2.05) is 0 Å². The van der Waals surface area contributed by atoms with Crippen molar-refractivity contribution in [3.05, 3.63) is 28.2 Å². The highest BCUT2D eigenvalue weighted by Gasteiger charge is 2.32. The Kier molecular flexibility index (Phi) is 4.77. The van der Waals surface area contributed by atoms with Gasteiger partial charge in [0.05, 0.1) is 10.5 Å². The fourth-order valence-corrected chi connectivity index (χ4v) is 2.62. The van der Waals surface area contributed by atoms with E-state index in [4.69, 9.17) is 0 Å². The van der Waals surface area contributed by atoms with Crippen LogP contribution in [0.1, 0.15) is 12.0 Å². The van der Waals surface area contributed by atoms with Gasteiger partial charge in [-0.15, -0.1) is 13.2 Å². The van der Waals surface area contributed by atoms with Crippen LogP contribution >= 0.6 is 15.9 Å². The van der Waals surface area contributed by atoms with E-state index < -0.39 is 6.36 Å². The minimum Gasteiger partial charge on any atom is -0.405 e. The summed E-state index contributed by atoms with van der Waals surface area (Å²) < 4.78 is 40.6. The first-order chi connectivity index (χ1) is 9.76. The average molecular weight is 367 g/mol. The van der Waals surface area contributed by atoms with Gasteiger partial charge in [0.15, 0.2) is 0 Å². The van der Waals surface area contributed by atoms with Crippen molar-refractivity contribution in [1.82, 2.24) is 10.2 Å². The van der Waals surface area contributed by atoms with E-state index in [-0.39, 0.29) is 22.2 Å². The summed E-state index contributed by atoms with van der Waals surface area (Å²) in [7, 11) is 1.74. The molecule has 1 amide bonds. The molecule has 1 fully saturated rings. The summed E-state index contributed by atoms with van der Waals surface area (Å²) in [6.45, 7) is 1.10. The predicted octanol–water partition coefficient (Wildman–Crippen LogP) is 2.67. The molecule has 0 saturated carbocycles. The van der Waals surface area contributed by atoms with Gasteiger partial charge in [0.25, 0.3) is 0 Å². The van der Waals surface area contributed by atoms with Gasteiger partial charge in [-0.05, 0) is 40.0 Å². The third kappa shape index (κ3) is 4.34. The van der Waals surface area contributed by atoms with E-state index in [1.165, 1.54) is 18.2 Å². The molecule has 1 aliphatic heterocycles. The molecular weight excluding hydrogens is 353 g/mol. The highest BCUT2D eigenvalue weighted by molar-refractivity contribution is 9.10. The molecule has 2 rings (SSSR count). The summed E-state index contributed by atoms with van der Waals surface area (Å²) in [4.78, 5) is 13.4. The number of carbonyl (C=O) groups is 1. The van der Waals surface area contributed by atoms with Crippen LogP contribution < -0.4 is 10.1 Å². The molecule has 21 heavy (non-hydrogen) atoms. The van der Waals surface area contributed by atoms with E-state index in [0.29, 0.717) is 13.1 Å². The quantitative estimate of drug-likeness (QED) is 0.890. The number of nitrogens with one attached hydrogen (secondary N) is 1. The number of rotatable bonds is 4. The summed E-state index contributed by atoms with van der Waals surface area (Å²) in [5.41, 5.74) is 0.763. The zero-order valence-corrected chi connectivity index (χ0v) is 12.8. The molecule has 0 aliphatic carbocycles. The minimum atomic E-state index is -4.72. The van der Waals surface area contributed by atoms with Crippen LogP contribution in [-0.4, -0.2) is 36.8 Å². The Morgan fingerprint density at radius 1 is 1.48 bits per heavy atom. The fraction of sp³-hybridized carbons (Fsp3) is 0.462. The Balaban J connectivity index is 1.96. The Hall–Kier alpha value is -1.28. The second-order valence-corrected chi connectivity index (χ2v) is 5.65. The second kappa shape index (κ2) is 6.23. The lowest BCUT2D eigenvalue weighted by Gasteiger charge is -2.14. The van der Waals surface area contributed by atoms with Gasteiger partial charge in [-0.25, -0.2) is 0 Å². The molecule has 0 bridgehead atoms. The van der Waals surface area contributed by atoms with E-state index in [2.05, 4.69) is 26.0 Å². The third-order valence-corrected chi connectivity index (χ3v) is 3.82. The first-order valence-corrected chi connectivity index (χ1v) is 7.08. The number of nitrogens with zero attached hydrogens (tertiary/aromatic N) is 1. The highest BCUT2D eigenvalue weighted by Crippen LogP contribution is 2.31. The molecule has 0 spiro atoms. The van der Waals surface area contributed by atoms with Crippen molar-refractivity contribution < 1.29 is 22.7 Å². The van der Waals surface area contributed by atoms with Gasteiger partial charge in [-0.3, -0.25) is 4.79 Å². The predicted molar refractivity (Wildman–Crippen MR) is 73.7 cm³/mol. The maximum absolute atomic E-state index is 12.2. The molecule has 1 atom stereocenters. The van der Waals surface area contributed by atoms with E-state index in [9.17, 15) is 18.0 Å². The number of hydrogen-bond acceptors (Lipinski definition) is 3. The van der Waals surface area contributed by atoms with E-state index in [0.717, 1.165) is 12.0 Å². The summed E-state index contributed by atoms with van der Waals surface area (Å²) in [5.74, 6) is -0.256. The smallest absolute Gasteiger partial charge is 0.405 e. The molecule has 1 aromatic carbocycles. The van der Waals surface area contributed by atoms with E-state index >= 15 is 0 Å². The third-order valence-electron chi connectivity index (χ3n) is 3.20. The normalized spacial score (nSPS) is 19.2. The Morgan fingerprint density at radius 2 is 2.19 bits per heavy atom. The molecular formula is C13H14BrF3N2O2. The molecule has 1 unspecified atom stereocenters. The molecule has 0 aromatic heterocycles. The topological polar surface area (TPSA) is 41.6 Å². The largest absolute Gasteiger partial charge is 0.573 e. The lowest BCUT2D eigenvalue weighted by atomic mass is 10.2. The van der Waals surface area contributed by atoms with Gasteiger partial charge in [0.2, 0.25) is 5.91 Å². The zero-order valence-electron chi connectivity index (χ0n) is 11.2. The van der Waals surface area contributed by atoms with Crippen molar-refractivity contribution in [3.8, 4) is 5.75 Å². The number of likely N-dealkylation sites (tertiary alicyclic amines) is 1. The summed E-state index contributed by atoms with van der Waals surface area (Å²) in [6.07, 6.45) is -3.99. The SMILES string of the molecule is CN1CCC(NCc2ccc(OC(F)(F)F)c(Br)c2)C1=O. The molecule has 1 N–H and O–H groups in total. The van der Waals surface area contributed by atoms with Gasteiger partial charge in [-0.1, -0.05) is 6.07 Å². The Bertz CT molecular complexity index is 537. The second-order valence-electron chi connectivity index (χ2n) is 4.79. The Morgan fingerprint density at radius 3 is 2.71 bits per heavy atom. The van der Waals surface area contributed by atoms with Crippen LogP contribution in [0.4, 0.5) is 13.2 Å². The fourth-order valence-electron chi connectivity index (χ4n) is 2.11. The number of alkyl halides is 3. The molecule has 0 radical (unpaired) electrons. The zero-order chi connectivity index (χ0) is 15.6. The van der Waals surface area contributed by atoms with Crippen LogP contribution in [-0.2, 0) is 11.3 Å². The number of amides is 1. The van der Waals surface area contributed by atoms with Crippen molar-refractivity contribution in [1.29, 1.82) is 0 Å². The molecule has 4 nitrogen and oxygen atoms in total. The first-order valence-electron chi connectivity index (χ1n) is 6.29. The van der Waals surface area contributed by atoms with Crippen LogP contribution in [0.5, 0.6) is 5.75 Å². The average Bonchev–Trinajstić information content (AvgIpc) is 2.69. The standard InChI is InChI=1S/C13H14BrF3N2O2/c1-19-5-4-10(12(19)20)18-7-8-2-3-11(9(14)6-8)21-13(15,16)17/h2-3,6,10,18H,4-5,7H2,1H3. The maximum Gasteiger partial charge on any atom is 0.573 e. The van der Waals surface area contributed by atoms with Crippen molar-refractivity contribution in [2.75, 3.05) is 13.6 Å². The number of halogens is 4. The van der Waals surface area contributed by atoms with Gasteiger partial charge in [-0.2, -0.15) is 0 Å². The first kappa shape index (κ1) is 16.1. The van der Waals surface area contributed by atoms with Gasteiger partial charge >= 0.3 is 6.36 Å². The summed E-state index contributed by atoms with van der Waals surface area (Å²) >= 11 is 3.05. The lowest BCUT2D eigenvalue weighted by molar-refractivity contribution is -0.274. The van der Waals surface area contributed by atoms with Crippen molar-refractivity contribution in [2.24, 2.45) is 0 Å². The van der Waals surface area contributed by atoms with Crippen LogP contribution in [0.15, 0.2) is 22.7 Å². The van der Waals surface area contributed by atoms with Gasteiger partial charge in [0, 0.05) is 20.1 Å². The van der Waals surface area contributed by atoms with Crippen molar-refractivity contribution >= 4 is 21.8 Å². The number of likely N-dealkylation sites (N-methyl/N-ethyl adjacent to an activating group) is 1. The molecule has 116 valence electrons. The van der Waals surface area contributed by atoms with Crippen LogP contribution in [0.25, 0.3) is 0 Å². The summed E-state index contributed by atoms with van der Waals surface area (Å²) in [5, 5.41) is 3.10. The summed E-state index contributed by atoms with van der Waals surface area (Å²) in [6, 6.07) is 4.08. The van der Waals surface area contributed by atoms with Gasteiger partial charge < -0.3 is 15.0 Å². The number of ether oxygens (including phenoxy) is 1.